The lowest BCUT2D eigenvalue weighted by Gasteiger charge is -2.55. The second-order valence-corrected chi connectivity index (χ2v) is 7.72. The van der Waals surface area contributed by atoms with Gasteiger partial charge in [0.1, 0.15) is 5.54 Å². The molecule has 2 N–H and O–H groups in total. The van der Waals surface area contributed by atoms with Gasteiger partial charge in [-0.05, 0) is 87.5 Å². The predicted octanol–water partition coefficient (Wildman–Crippen LogP) is 2.66. The standard InChI is InChI=1S/C16H25NO2/c18-15(19)16(2-1-3-16)17-9-14-12-5-10-4-11(7-12)8-13(14)6-10/h10-14,17H,1-9H2,(H,18,19). The van der Waals surface area contributed by atoms with Crippen molar-refractivity contribution in [1.82, 2.24) is 5.32 Å². The van der Waals surface area contributed by atoms with Gasteiger partial charge in [0.05, 0.1) is 0 Å². The molecule has 0 aromatic heterocycles. The number of nitrogens with one attached hydrogen (secondary N) is 1. The predicted molar refractivity (Wildman–Crippen MR) is 72.8 cm³/mol. The van der Waals surface area contributed by atoms with Gasteiger partial charge in [-0.15, -0.1) is 0 Å². The van der Waals surface area contributed by atoms with Crippen molar-refractivity contribution in [2.45, 2.75) is 56.9 Å². The average molecular weight is 263 g/mol. The van der Waals surface area contributed by atoms with E-state index in [1.54, 1.807) is 0 Å². The molecule has 0 aromatic rings. The molecule has 0 radical (unpaired) electrons. The number of hydrogen-bond donors (Lipinski definition) is 2. The molecule has 5 aliphatic carbocycles. The van der Waals surface area contributed by atoms with Crippen LogP contribution in [0.4, 0.5) is 0 Å². The fraction of sp³-hybridized carbons (Fsp3) is 0.938. The van der Waals surface area contributed by atoms with E-state index < -0.39 is 11.5 Å². The number of carboxylic acid groups (broad SMARTS) is 1. The number of carboxylic acids is 1. The number of hydrogen-bond acceptors (Lipinski definition) is 2. The Balaban J connectivity index is 1.42. The molecule has 5 rings (SSSR count). The molecule has 4 bridgehead atoms. The molecule has 0 amide bonds. The maximum absolute atomic E-state index is 11.4. The summed E-state index contributed by atoms with van der Waals surface area (Å²) in [4.78, 5) is 11.4. The highest BCUT2D eigenvalue weighted by atomic mass is 16.4. The summed E-state index contributed by atoms with van der Waals surface area (Å²) in [6.07, 6.45) is 9.94. The van der Waals surface area contributed by atoms with Crippen molar-refractivity contribution >= 4 is 5.97 Å². The summed E-state index contributed by atoms with van der Waals surface area (Å²) in [6, 6.07) is 0. The van der Waals surface area contributed by atoms with Crippen LogP contribution >= 0.6 is 0 Å². The normalized spacial score (nSPS) is 46.0. The Morgan fingerprint density at radius 3 is 2.05 bits per heavy atom. The van der Waals surface area contributed by atoms with Crippen LogP contribution in [-0.4, -0.2) is 23.2 Å². The Labute approximate surface area is 115 Å². The van der Waals surface area contributed by atoms with E-state index in [4.69, 9.17) is 0 Å². The van der Waals surface area contributed by atoms with Crippen LogP contribution in [0.25, 0.3) is 0 Å². The Morgan fingerprint density at radius 1 is 1.05 bits per heavy atom. The van der Waals surface area contributed by atoms with Gasteiger partial charge in [0, 0.05) is 0 Å². The lowest BCUT2D eigenvalue weighted by atomic mass is 9.52. The third-order valence-electron chi connectivity index (χ3n) is 6.71. The molecule has 0 aromatic carbocycles. The summed E-state index contributed by atoms with van der Waals surface area (Å²) in [6.45, 7) is 0.959. The molecular formula is C16H25NO2. The van der Waals surface area contributed by atoms with Crippen molar-refractivity contribution in [2.24, 2.45) is 29.6 Å². The van der Waals surface area contributed by atoms with Crippen LogP contribution in [0.15, 0.2) is 0 Å². The van der Waals surface area contributed by atoms with E-state index in [9.17, 15) is 9.90 Å². The minimum Gasteiger partial charge on any atom is -0.480 e. The van der Waals surface area contributed by atoms with Gasteiger partial charge in [-0.1, -0.05) is 0 Å². The fourth-order valence-electron chi connectivity index (χ4n) is 5.68. The Morgan fingerprint density at radius 2 is 1.63 bits per heavy atom. The molecule has 5 saturated carbocycles. The molecule has 0 spiro atoms. The molecule has 0 atom stereocenters. The highest BCUT2D eigenvalue weighted by molar-refractivity contribution is 5.79. The zero-order valence-electron chi connectivity index (χ0n) is 11.6. The monoisotopic (exact) mass is 263 g/mol. The summed E-state index contributed by atoms with van der Waals surface area (Å²) < 4.78 is 0. The Bertz CT molecular complexity index is 360. The van der Waals surface area contributed by atoms with Gasteiger partial charge in [0.15, 0.2) is 0 Å². The molecule has 0 aliphatic heterocycles. The summed E-state index contributed by atoms with van der Waals surface area (Å²) in [5.41, 5.74) is -0.561. The van der Waals surface area contributed by atoms with Gasteiger partial charge in [0.2, 0.25) is 0 Å². The minimum absolute atomic E-state index is 0.561. The van der Waals surface area contributed by atoms with Gasteiger partial charge in [0.25, 0.3) is 0 Å². The zero-order chi connectivity index (χ0) is 13.0. The topological polar surface area (TPSA) is 49.3 Å². The molecule has 3 nitrogen and oxygen atoms in total. The van der Waals surface area contributed by atoms with Gasteiger partial charge < -0.3 is 10.4 Å². The SMILES string of the molecule is O=C(O)C1(NCC2C3CC4CC(C3)CC2C4)CCC1. The first-order chi connectivity index (χ1) is 9.16. The molecule has 5 fully saturated rings. The highest BCUT2D eigenvalue weighted by Crippen LogP contribution is 2.56. The summed E-state index contributed by atoms with van der Waals surface area (Å²) >= 11 is 0. The molecule has 0 saturated heterocycles. The second kappa shape index (κ2) is 4.21. The van der Waals surface area contributed by atoms with E-state index in [1.165, 1.54) is 32.1 Å². The first kappa shape index (κ1) is 12.2. The minimum atomic E-state index is -0.623. The van der Waals surface area contributed by atoms with E-state index in [2.05, 4.69) is 5.32 Å². The molecular weight excluding hydrogens is 238 g/mol. The number of aliphatic carboxylic acids is 1. The summed E-state index contributed by atoms with van der Waals surface area (Å²) in [5, 5.41) is 12.9. The van der Waals surface area contributed by atoms with Crippen LogP contribution in [0, 0.1) is 29.6 Å². The lowest BCUT2D eigenvalue weighted by Crippen LogP contribution is -2.60. The number of carbonyl (C=O) groups is 1. The largest absolute Gasteiger partial charge is 0.480 e. The van der Waals surface area contributed by atoms with Gasteiger partial charge in [-0.3, -0.25) is 4.79 Å². The van der Waals surface area contributed by atoms with E-state index in [1.807, 2.05) is 0 Å². The van der Waals surface area contributed by atoms with Crippen molar-refractivity contribution in [3.8, 4) is 0 Å². The van der Waals surface area contributed by atoms with Crippen LogP contribution < -0.4 is 5.32 Å². The van der Waals surface area contributed by atoms with Crippen molar-refractivity contribution in [2.75, 3.05) is 6.54 Å². The van der Waals surface area contributed by atoms with Crippen molar-refractivity contribution < 1.29 is 9.90 Å². The number of rotatable bonds is 4. The van der Waals surface area contributed by atoms with Gasteiger partial charge in [-0.2, -0.15) is 0 Å². The van der Waals surface area contributed by atoms with Crippen LogP contribution in [-0.2, 0) is 4.79 Å². The summed E-state index contributed by atoms with van der Waals surface area (Å²) in [5.74, 6) is 3.96. The van der Waals surface area contributed by atoms with Crippen molar-refractivity contribution in [3.63, 3.8) is 0 Å². The Hall–Kier alpha value is -0.570. The van der Waals surface area contributed by atoms with Crippen LogP contribution in [0.3, 0.4) is 0 Å². The van der Waals surface area contributed by atoms with E-state index in [-0.39, 0.29) is 0 Å². The maximum Gasteiger partial charge on any atom is 0.323 e. The van der Waals surface area contributed by atoms with E-state index >= 15 is 0 Å². The molecule has 5 aliphatic rings. The second-order valence-electron chi connectivity index (χ2n) is 7.72. The van der Waals surface area contributed by atoms with E-state index in [0.717, 1.165) is 55.4 Å². The summed E-state index contributed by atoms with van der Waals surface area (Å²) in [7, 11) is 0. The van der Waals surface area contributed by atoms with Gasteiger partial charge >= 0.3 is 5.97 Å². The van der Waals surface area contributed by atoms with E-state index in [0.29, 0.717) is 0 Å². The molecule has 3 heteroatoms. The molecule has 19 heavy (non-hydrogen) atoms. The smallest absolute Gasteiger partial charge is 0.323 e. The maximum atomic E-state index is 11.4. The van der Waals surface area contributed by atoms with Crippen LogP contribution in [0.5, 0.6) is 0 Å². The highest BCUT2D eigenvalue weighted by Gasteiger charge is 2.50. The quantitative estimate of drug-likeness (QED) is 0.820. The fourth-order valence-corrected chi connectivity index (χ4v) is 5.68. The van der Waals surface area contributed by atoms with Crippen molar-refractivity contribution in [1.29, 1.82) is 0 Å². The van der Waals surface area contributed by atoms with Crippen LogP contribution in [0.2, 0.25) is 0 Å². The first-order valence-corrected chi connectivity index (χ1v) is 8.15. The zero-order valence-corrected chi connectivity index (χ0v) is 11.6. The molecule has 0 unspecified atom stereocenters. The molecule has 0 heterocycles. The average Bonchev–Trinajstić information content (AvgIpc) is 2.29. The van der Waals surface area contributed by atoms with Crippen molar-refractivity contribution in [3.05, 3.63) is 0 Å². The lowest BCUT2D eigenvalue weighted by molar-refractivity contribution is -0.149. The third kappa shape index (κ3) is 1.84. The third-order valence-corrected chi connectivity index (χ3v) is 6.71. The van der Waals surface area contributed by atoms with Gasteiger partial charge in [-0.25, -0.2) is 0 Å². The molecule has 106 valence electrons. The van der Waals surface area contributed by atoms with Crippen LogP contribution in [0.1, 0.15) is 51.4 Å². The first-order valence-electron chi connectivity index (χ1n) is 8.15. The Kier molecular flexibility index (Phi) is 2.70.